The maximum atomic E-state index is 13.1. The summed E-state index contributed by atoms with van der Waals surface area (Å²) in [5.74, 6) is -2.24. The van der Waals surface area contributed by atoms with E-state index < -0.39 is 29.4 Å². The van der Waals surface area contributed by atoms with Crippen molar-refractivity contribution in [2.45, 2.75) is 58.2 Å². The van der Waals surface area contributed by atoms with E-state index in [1.807, 2.05) is 19.9 Å². The zero-order chi connectivity index (χ0) is 26.9. The Morgan fingerprint density at radius 3 is 2.49 bits per heavy atom. The summed E-state index contributed by atoms with van der Waals surface area (Å²) in [5, 5.41) is 9.84. The van der Waals surface area contributed by atoms with Crippen LogP contribution in [-0.2, 0) is 20.9 Å². The Kier molecular flexibility index (Phi) is 7.41. The molecule has 1 N–H and O–H groups in total. The number of fused-ring (bicyclic) bond motifs is 1. The van der Waals surface area contributed by atoms with E-state index in [-0.39, 0.29) is 23.8 Å². The predicted molar refractivity (Wildman–Crippen MR) is 135 cm³/mol. The largest absolute Gasteiger partial charge is 0.496 e. The van der Waals surface area contributed by atoms with E-state index in [1.165, 1.54) is 7.11 Å². The molecule has 0 fully saturated rings. The van der Waals surface area contributed by atoms with E-state index in [0.717, 1.165) is 17.6 Å². The van der Waals surface area contributed by atoms with Gasteiger partial charge in [-0.25, -0.2) is 14.4 Å². The minimum Gasteiger partial charge on any atom is -0.496 e. The predicted octanol–water partition coefficient (Wildman–Crippen LogP) is 5.21. The van der Waals surface area contributed by atoms with E-state index >= 15 is 0 Å². The molecular formula is C29H32O8. The van der Waals surface area contributed by atoms with Crippen LogP contribution in [0.15, 0.2) is 42.0 Å². The highest BCUT2D eigenvalue weighted by atomic mass is 16.6. The molecule has 0 saturated heterocycles. The molecule has 8 heteroatoms. The molecule has 0 radical (unpaired) electrons. The quantitative estimate of drug-likeness (QED) is 0.294. The third-order valence-electron chi connectivity index (χ3n) is 7.77. The summed E-state index contributed by atoms with van der Waals surface area (Å²) in [6, 6.07) is 8.55. The molecule has 1 aliphatic carbocycles. The van der Waals surface area contributed by atoms with Crippen molar-refractivity contribution in [1.82, 2.24) is 0 Å². The lowest BCUT2D eigenvalue weighted by Crippen LogP contribution is -2.44. The number of carboxylic acid groups (broad SMARTS) is 1. The number of carbonyl (C=O) groups is 3. The fraction of sp³-hybridized carbons (Fsp3) is 0.414. The highest BCUT2D eigenvalue weighted by Crippen LogP contribution is 2.50. The van der Waals surface area contributed by atoms with Crippen molar-refractivity contribution >= 4 is 17.9 Å². The van der Waals surface area contributed by atoms with Gasteiger partial charge in [0.1, 0.15) is 17.9 Å². The van der Waals surface area contributed by atoms with Gasteiger partial charge in [-0.2, -0.15) is 0 Å². The number of esters is 2. The van der Waals surface area contributed by atoms with E-state index in [0.29, 0.717) is 35.3 Å². The van der Waals surface area contributed by atoms with Crippen LogP contribution in [0, 0.1) is 12.8 Å². The molecule has 4 rings (SSSR count). The van der Waals surface area contributed by atoms with Crippen molar-refractivity contribution < 1.29 is 38.4 Å². The first-order valence-corrected chi connectivity index (χ1v) is 12.3. The summed E-state index contributed by atoms with van der Waals surface area (Å²) in [4.78, 5) is 38.0. The van der Waals surface area contributed by atoms with Crippen LogP contribution in [0.4, 0.5) is 0 Å². The smallest absolute Gasteiger partial charge is 0.343 e. The van der Waals surface area contributed by atoms with Crippen LogP contribution in [-0.4, -0.2) is 42.8 Å². The van der Waals surface area contributed by atoms with Crippen LogP contribution >= 0.6 is 0 Å². The second-order valence-corrected chi connectivity index (χ2v) is 9.66. The second kappa shape index (κ2) is 10.4. The van der Waals surface area contributed by atoms with Crippen LogP contribution in [0.5, 0.6) is 11.5 Å². The van der Waals surface area contributed by atoms with Crippen LogP contribution in [0.2, 0.25) is 0 Å². The third-order valence-corrected chi connectivity index (χ3v) is 7.77. The first kappa shape index (κ1) is 26.4. The van der Waals surface area contributed by atoms with Crippen molar-refractivity contribution in [1.29, 1.82) is 0 Å². The molecule has 2 aliphatic rings. The first-order chi connectivity index (χ1) is 17.6. The third kappa shape index (κ3) is 4.62. The van der Waals surface area contributed by atoms with Crippen molar-refractivity contribution in [3.05, 3.63) is 69.8 Å². The first-order valence-electron chi connectivity index (χ1n) is 12.3. The average molecular weight is 509 g/mol. The lowest BCUT2D eigenvalue weighted by atomic mass is 9.75. The Morgan fingerprint density at radius 1 is 1.16 bits per heavy atom. The highest BCUT2D eigenvalue weighted by Gasteiger charge is 2.42. The van der Waals surface area contributed by atoms with Gasteiger partial charge in [-0.05, 0) is 50.8 Å². The summed E-state index contributed by atoms with van der Waals surface area (Å²) < 4.78 is 22.5. The minimum atomic E-state index is -1.40. The summed E-state index contributed by atoms with van der Waals surface area (Å²) in [5.41, 5.74) is 2.06. The zero-order valence-electron chi connectivity index (χ0n) is 21.8. The molecule has 1 aliphatic heterocycles. The molecule has 1 heterocycles. The molecule has 0 aromatic heterocycles. The van der Waals surface area contributed by atoms with Crippen LogP contribution in [0.3, 0.4) is 0 Å². The van der Waals surface area contributed by atoms with Crippen LogP contribution < -0.4 is 9.47 Å². The fourth-order valence-corrected chi connectivity index (χ4v) is 5.28. The molecule has 196 valence electrons. The number of hydrogen-bond donors (Lipinski definition) is 1. The number of aliphatic carboxylic acids is 1. The number of rotatable bonds is 8. The molecule has 2 aromatic rings. The Hall–Kier alpha value is -3.65. The number of ether oxygens (including phenoxy) is 4. The number of hydrogen-bond acceptors (Lipinski definition) is 7. The summed E-state index contributed by atoms with van der Waals surface area (Å²) in [7, 11) is 2.94. The standard InChI is InChI=1S/C29H32O8/c1-16-21-15-36-27(31)23(21)25(37-26(30)18-10-7-6-8-11-18)22(24(16)34-4)20-13-9-12-19(14-20)17(2)29(3,35-5)28(32)33/h6-8,10-11,14,17,20H,9,12-13,15H2,1-5H3,(H,32,33)/t17?,20?,29-/m1/s1. The van der Waals surface area contributed by atoms with Crippen molar-refractivity contribution in [2.24, 2.45) is 5.92 Å². The van der Waals surface area contributed by atoms with E-state index in [9.17, 15) is 19.5 Å². The van der Waals surface area contributed by atoms with Gasteiger partial charge >= 0.3 is 17.9 Å². The number of carbonyl (C=O) groups excluding carboxylic acids is 2. The molecule has 0 bridgehead atoms. The molecular weight excluding hydrogens is 476 g/mol. The van der Waals surface area contributed by atoms with Gasteiger partial charge in [0.15, 0.2) is 11.4 Å². The fourth-order valence-electron chi connectivity index (χ4n) is 5.28. The molecule has 0 spiro atoms. The van der Waals surface area contributed by atoms with Crippen LogP contribution in [0.25, 0.3) is 0 Å². The monoisotopic (exact) mass is 508 g/mol. The van der Waals surface area contributed by atoms with Crippen molar-refractivity contribution in [2.75, 3.05) is 14.2 Å². The SMILES string of the molecule is COc1c(C)c2c(c(OC(=O)c3ccccc3)c1C1C=C(C(C)[C@@](C)(OC)C(=O)O)CCC1)C(=O)OC2. The average Bonchev–Trinajstić information content (AvgIpc) is 3.31. The van der Waals surface area contributed by atoms with E-state index in [4.69, 9.17) is 18.9 Å². The maximum Gasteiger partial charge on any atom is 0.343 e. The van der Waals surface area contributed by atoms with Crippen LogP contribution in [0.1, 0.15) is 76.4 Å². The normalized spacial score (nSPS) is 19.2. The van der Waals surface area contributed by atoms with E-state index in [1.54, 1.807) is 44.4 Å². The van der Waals surface area contributed by atoms with Gasteiger partial charge in [-0.3, -0.25) is 0 Å². The van der Waals surface area contributed by atoms with Crippen molar-refractivity contribution in [3.63, 3.8) is 0 Å². The van der Waals surface area contributed by atoms with Gasteiger partial charge in [0.05, 0.1) is 12.7 Å². The van der Waals surface area contributed by atoms with Gasteiger partial charge in [0.2, 0.25) is 0 Å². The summed E-state index contributed by atoms with van der Waals surface area (Å²) in [6.45, 7) is 5.33. The van der Waals surface area contributed by atoms with Gasteiger partial charge in [0, 0.05) is 30.1 Å². The zero-order valence-corrected chi connectivity index (χ0v) is 21.8. The minimum absolute atomic E-state index is 0.0696. The van der Waals surface area contributed by atoms with E-state index in [2.05, 4.69) is 0 Å². The Morgan fingerprint density at radius 2 is 1.86 bits per heavy atom. The number of benzene rings is 2. The second-order valence-electron chi connectivity index (χ2n) is 9.66. The van der Waals surface area contributed by atoms with Crippen molar-refractivity contribution in [3.8, 4) is 11.5 Å². The Labute approximate surface area is 216 Å². The molecule has 2 unspecified atom stereocenters. The Bertz CT molecular complexity index is 1260. The Balaban J connectivity index is 1.88. The maximum absolute atomic E-state index is 13.1. The summed E-state index contributed by atoms with van der Waals surface area (Å²) in [6.07, 6.45) is 4.19. The van der Waals surface area contributed by atoms with Gasteiger partial charge in [-0.1, -0.05) is 36.8 Å². The van der Waals surface area contributed by atoms with Gasteiger partial charge in [-0.15, -0.1) is 0 Å². The lowest BCUT2D eigenvalue weighted by molar-refractivity contribution is -0.164. The molecule has 3 atom stereocenters. The summed E-state index contributed by atoms with van der Waals surface area (Å²) >= 11 is 0. The molecule has 8 nitrogen and oxygen atoms in total. The molecule has 37 heavy (non-hydrogen) atoms. The highest BCUT2D eigenvalue weighted by molar-refractivity contribution is 6.00. The topological polar surface area (TPSA) is 108 Å². The number of allylic oxidation sites excluding steroid dienone is 1. The van der Waals surface area contributed by atoms with Gasteiger partial charge in [0.25, 0.3) is 0 Å². The van der Waals surface area contributed by atoms with Gasteiger partial charge < -0.3 is 24.1 Å². The number of carboxylic acids is 1. The molecule has 0 saturated carbocycles. The number of cyclic esters (lactones) is 1. The molecule has 2 aromatic carbocycles. The molecule has 0 amide bonds. The lowest BCUT2D eigenvalue weighted by Gasteiger charge is -2.35. The number of methoxy groups -OCH3 is 2.